The Balaban J connectivity index is 2.32. The van der Waals surface area contributed by atoms with Crippen LogP contribution in [0.25, 0.3) is 0 Å². The molecule has 1 aliphatic heterocycles. The summed E-state index contributed by atoms with van der Waals surface area (Å²) in [5, 5.41) is 9.18. The van der Waals surface area contributed by atoms with Gasteiger partial charge in [0.25, 0.3) is 0 Å². The molecule has 0 aromatic heterocycles. The van der Waals surface area contributed by atoms with Gasteiger partial charge in [-0.15, -0.1) is 0 Å². The van der Waals surface area contributed by atoms with E-state index < -0.39 is 0 Å². The normalized spacial score (nSPS) is 34.4. The van der Waals surface area contributed by atoms with E-state index in [9.17, 15) is 9.90 Å². The second-order valence-electron chi connectivity index (χ2n) is 3.85. The van der Waals surface area contributed by atoms with E-state index in [1.54, 1.807) is 6.92 Å². The molecule has 1 aliphatic rings. The number of ketones is 1. The third-order valence-electron chi connectivity index (χ3n) is 2.81. The molecule has 1 saturated heterocycles. The summed E-state index contributed by atoms with van der Waals surface area (Å²) in [6, 6.07) is 0. The van der Waals surface area contributed by atoms with Gasteiger partial charge in [0.1, 0.15) is 18.9 Å². The summed E-state index contributed by atoms with van der Waals surface area (Å²) in [6.45, 7) is 7.36. The van der Waals surface area contributed by atoms with E-state index in [1.807, 2.05) is 0 Å². The number of nitrogens with zero attached hydrogens (tertiary/aromatic N) is 1. The first-order valence-electron chi connectivity index (χ1n) is 4.60. The number of likely N-dealkylation sites (N-methyl/N-ethyl adjacent to an activating group) is 1. The van der Waals surface area contributed by atoms with Gasteiger partial charge in [0, 0.05) is 0 Å². The van der Waals surface area contributed by atoms with Crippen molar-refractivity contribution in [1.82, 2.24) is 0 Å². The average Bonchev–Trinajstić information content (AvgIpc) is 1.95. The van der Waals surface area contributed by atoms with Crippen molar-refractivity contribution in [2.24, 2.45) is 0 Å². The summed E-state index contributed by atoms with van der Waals surface area (Å²) in [5.41, 5.74) is 0. The summed E-state index contributed by atoms with van der Waals surface area (Å²) in [4.78, 5) is 10.8. The number of aliphatic hydroxyl groups is 1. The number of rotatable bonds is 4. The fraction of sp³-hybridized carbons (Fsp3) is 0.889. The highest BCUT2D eigenvalue weighted by Crippen LogP contribution is 2.20. The zero-order chi connectivity index (χ0) is 9.19. The number of likely N-dealkylation sites (tertiary alicyclic amines) is 1. The number of carbonyl (C=O) groups is 1. The first kappa shape index (κ1) is 9.68. The summed E-state index contributed by atoms with van der Waals surface area (Å²) in [6.07, 6.45) is 0.525. The Hall–Kier alpha value is -0.410. The Morgan fingerprint density at radius 1 is 1.58 bits per heavy atom. The molecule has 1 N–H and O–H groups in total. The van der Waals surface area contributed by atoms with Crippen LogP contribution in [0.3, 0.4) is 0 Å². The molecule has 70 valence electrons. The van der Waals surface area contributed by atoms with Gasteiger partial charge in [-0.25, -0.2) is 0 Å². The Labute approximate surface area is 73.6 Å². The lowest BCUT2D eigenvalue weighted by Crippen LogP contribution is -2.66. The van der Waals surface area contributed by atoms with Gasteiger partial charge in [-0.3, -0.25) is 4.79 Å². The number of aliphatic hydroxyl groups excluding tert-OH is 1. The maximum absolute atomic E-state index is 10.8. The minimum Gasteiger partial charge on any atom is -0.382 e. The minimum absolute atomic E-state index is 0.128. The van der Waals surface area contributed by atoms with E-state index in [0.717, 1.165) is 30.7 Å². The minimum atomic E-state index is -0.128. The van der Waals surface area contributed by atoms with E-state index in [1.165, 1.54) is 0 Å². The lowest BCUT2D eigenvalue weighted by Gasteiger charge is -2.47. The second kappa shape index (κ2) is 3.54. The van der Waals surface area contributed by atoms with Crippen molar-refractivity contribution in [2.45, 2.75) is 26.4 Å². The molecule has 0 aromatic rings. The van der Waals surface area contributed by atoms with E-state index in [2.05, 4.69) is 6.92 Å². The molecule has 0 aliphatic carbocycles. The van der Waals surface area contributed by atoms with Crippen LogP contribution >= 0.6 is 0 Å². The highest BCUT2D eigenvalue weighted by molar-refractivity contribution is 5.75. The number of Topliss-reactive ketones (excluding diaryl/α,β-unsaturated/α-hetero) is 1. The van der Waals surface area contributed by atoms with Crippen molar-refractivity contribution in [3.63, 3.8) is 0 Å². The van der Waals surface area contributed by atoms with Crippen molar-refractivity contribution >= 4 is 5.78 Å². The van der Waals surface area contributed by atoms with E-state index in [-0.39, 0.29) is 11.9 Å². The SMILES string of the molecule is CC[N+]1(CCC(C)=O)CC(O)C1. The van der Waals surface area contributed by atoms with Crippen LogP contribution in [-0.4, -0.2) is 47.7 Å². The fourth-order valence-corrected chi connectivity index (χ4v) is 1.83. The van der Waals surface area contributed by atoms with Gasteiger partial charge in [-0.2, -0.15) is 0 Å². The molecule has 3 heteroatoms. The smallest absolute Gasteiger partial charge is 0.152 e. The molecule has 12 heavy (non-hydrogen) atoms. The monoisotopic (exact) mass is 172 g/mol. The summed E-state index contributed by atoms with van der Waals surface area (Å²) in [7, 11) is 0. The topological polar surface area (TPSA) is 37.3 Å². The zero-order valence-electron chi connectivity index (χ0n) is 7.92. The highest BCUT2D eigenvalue weighted by Gasteiger charge is 2.41. The zero-order valence-corrected chi connectivity index (χ0v) is 7.92. The third kappa shape index (κ3) is 2.05. The quantitative estimate of drug-likeness (QED) is 0.614. The predicted molar refractivity (Wildman–Crippen MR) is 46.7 cm³/mol. The number of carbonyl (C=O) groups excluding carboxylic acids is 1. The van der Waals surface area contributed by atoms with Crippen LogP contribution < -0.4 is 0 Å². The number of quaternary nitrogens is 1. The first-order valence-corrected chi connectivity index (χ1v) is 4.60. The van der Waals surface area contributed by atoms with Gasteiger partial charge in [0.15, 0.2) is 6.10 Å². The van der Waals surface area contributed by atoms with Gasteiger partial charge in [0.2, 0.25) is 0 Å². The van der Waals surface area contributed by atoms with Crippen molar-refractivity contribution < 1.29 is 14.4 Å². The van der Waals surface area contributed by atoms with E-state index >= 15 is 0 Å². The summed E-state index contributed by atoms with van der Waals surface area (Å²) < 4.78 is 0.931. The number of hydrogen-bond donors (Lipinski definition) is 1. The maximum Gasteiger partial charge on any atom is 0.152 e. The first-order chi connectivity index (χ1) is 5.58. The van der Waals surface area contributed by atoms with Gasteiger partial charge >= 0.3 is 0 Å². The summed E-state index contributed by atoms with van der Waals surface area (Å²) in [5.74, 6) is 0.252. The second-order valence-corrected chi connectivity index (χ2v) is 3.85. The van der Waals surface area contributed by atoms with Crippen LogP contribution in [0.15, 0.2) is 0 Å². The van der Waals surface area contributed by atoms with Crippen molar-refractivity contribution in [2.75, 3.05) is 26.2 Å². The van der Waals surface area contributed by atoms with Crippen molar-refractivity contribution in [1.29, 1.82) is 0 Å². The lowest BCUT2D eigenvalue weighted by atomic mass is 10.1. The molecule has 0 unspecified atom stereocenters. The molecule has 0 radical (unpaired) electrons. The van der Waals surface area contributed by atoms with E-state index in [4.69, 9.17) is 0 Å². The molecule has 3 nitrogen and oxygen atoms in total. The van der Waals surface area contributed by atoms with Gasteiger partial charge in [-0.1, -0.05) is 0 Å². The van der Waals surface area contributed by atoms with E-state index in [0.29, 0.717) is 6.42 Å². The Morgan fingerprint density at radius 3 is 2.50 bits per heavy atom. The fourth-order valence-electron chi connectivity index (χ4n) is 1.83. The molecular formula is C9H18NO2+. The third-order valence-corrected chi connectivity index (χ3v) is 2.81. The molecule has 0 bridgehead atoms. The molecule has 1 rings (SSSR count). The largest absolute Gasteiger partial charge is 0.382 e. The van der Waals surface area contributed by atoms with Crippen LogP contribution in [0.5, 0.6) is 0 Å². The van der Waals surface area contributed by atoms with Gasteiger partial charge in [-0.05, 0) is 13.8 Å². The Kier molecular flexibility index (Phi) is 2.85. The maximum atomic E-state index is 10.8. The molecule has 0 amide bonds. The van der Waals surface area contributed by atoms with Crippen LogP contribution in [0.4, 0.5) is 0 Å². The van der Waals surface area contributed by atoms with Crippen LogP contribution in [0, 0.1) is 0 Å². The van der Waals surface area contributed by atoms with Gasteiger partial charge < -0.3 is 9.59 Å². The highest BCUT2D eigenvalue weighted by atomic mass is 16.3. The standard InChI is InChI=1S/C9H18NO2/c1-3-10(5-4-8(2)11)6-9(12)7-10/h9,12H,3-7H2,1-2H3/q+1. The van der Waals surface area contributed by atoms with Crippen LogP contribution in [0.1, 0.15) is 20.3 Å². The van der Waals surface area contributed by atoms with Crippen LogP contribution in [0.2, 0.25) is 0 Å². The van der Waals surface area contributed by atoms with Crippen molar-refractivity contribution in [3.8, 4) is 0 Å². The molecule has 0 atom stereocenters. The molecular weight excluding hydrogens is 154 g/mol. The molecule has 0 spiro atoms. The van der Waals surface area contributed by atoms with Gasteiger partial charge in [0.05, 0.1) is 19.5 Å². The Bertz CT molecular complexity index is 173. The molecule has 0 aromatic carbocycles. The molecule has 1 fully saturated rings. The summed E-state index contributed by atoms with van der Waals surface area (Å²) >= 11 is 0. The predicted octanol–water partition coefficient (Wildman–Crippen LogP) is 0.177. The number of hydrogen-bond acceptors (Lipinski definition) is 2. The van der Waals surface area contributed by atoms with Crippen LogP contribution in [-0.2, 0) is 4.79 Å². The molecule has 1 heterocycles. The van der Waals surface area contributed by atoms with Crippen molar-refractivity contribution in [3.05, 3.63) is 0 Å². The Morgan fingerprint density at radius 2 is 2.17 bits per heavy atom. The lowest BCUT2D eigenvalue weighted by molar-refractivity contribution is -0.970. The average molecular weight is 172 g/mol. The molecule has 0 saturated carbocycles.